The topological polar surface area (TPSA) is 9.23 Å². The molecule has 20 heavy (non-hydrogen) atoms. The molecule has 0 saturated heterocycles. The Morgan fingerprint density at radius 3 is 2.35 bits per heavy atom. The fraction of sp³-hybridized carbons (Fsp3) is 0.0526. The molecule has 0 aliphatic rings. The molecule has 0 amide bonds. The van der Waals surface area contributed by atoms with Gasteiger partial charge in [0.2, 0.25) is 0 Å². The molecule has 0 aliphatic heterocycles. The van der Waals surface area contributed by atoms with Crippen LogP contribution in [0.25, 0.3) is 0 Å². The van der Waals surface area contributed by atoms with Gasteiger partial charge in [-0.2, -0.15) is 0 Å². The largest absolute Gasteiger partial charge is 0.456 e. The Balaban J connectivity index is 1.85. The van der Waals surface area contributed by atoms with Gasteiger partial charge in [-0.3, -0.25) is 0 Å². The summed E-state index contributed by atoms with van der Waals surface area (Å²) in [6, 6.07) is 30.1. The third-order valence-corrected chi connectivity index (χ3v) is 3.03. The summed E-state index contributed by atoms with van der Waals surface area (Å²) in [6.07, 6.45) is 0.834. The minimum Gasteiger partial charge on any atom is -0.456 e. The summed E-state index contributed by atoms with van der Waals surface area (Å²) >= 11 is 0. The first-order valence-electron chi connectivity index (χ1n) is 6.60. The summed E-state index contributed by atoms with van der Waals surface area (Å²) in [5.41, 5.74) is 2.38. The number of benzene rings is 3. The summed E-state index contributed by atoms with van der Waals surface area (Å²) in [7, 11) is 0. The first kappa shape index (κ1) is 12.5. The van der Waals surface area contributed by atoms with Gasteiger partial charge in [0.25, 0.3) is 0 Å². The molecule has 0 aromatic heterocycles. The van der Waals surface area contributed by atoms with Gasteiger partial charge in [0.15, 0.2) is 0 Å². The van der Waals surface area contributed by atoms with Gasteiger partial charge in [-0.1, -0.05) is 66.7 Å². The first-order valence-corrected chi connectivity index (χ1v) is 6.60. The van der Waals surface area contributed by atoms with Crippen LogP contribution in [0.15, 0.2) is 72.8 Å². The van der Waals surface area contributed by atoms with Gasteiger partial charge < -0.3 is 4.74 Å². The second kappa shape index (κ2) is 6.07. The Morgan fingerprint density at radius 1 is 0.750 bits per heavy atom. The molecule has 3 aromatic carbocycles. The van der Waals surface area contributed by atoms with Crippen LogP contribution >= 0.6 is 0 Å². The fourth-order valence-electron chi connectivity index (χ4n) is 2.06. The van der Waals surface area contributed by atoms with Gasteiger partial charge in [-0.15, -0.1) is 0 Å². The molecule has 0 N–H and O–H groups in total. The van der Waals surface area contributed by atoms with Crippen LogP contribution in [-0.4, -0.2) is 0 Å². The maximum Gasteiger partial charge on any atom is 0.138 e. The Labute approximate surface area is 119 Å². The van der Waals surface area contributed by atoms with Gasteiger partial charge in [0.05, 0.1) is 0 Å². The molecule has 0 fully saturated rings. The fourth-order valence-corrected chi connectivity index (χ4v) is 2.06. The zero-order chi connectivity index (χ0) is 13.6. The van der Waals surface area contributed by atoms with Crippen LogP contribution in [0, 0.1) is 12.1 Å². The molecule has 0 saturated carbocycles. The van der Waals surface area contributed by atoms with E-state index in [4.69, 9.17) is 4.74 Å². The lowest BCUT2D eigenvalue weighted by Gasteiger charge is -2.10. The molecule has 0 bridgehead atoms. The number of para-hydroxylation sites is 2. The lowest BCUT2D eigenvalue weighted by molar-refractivity contribution is 0.475. The van der Waals surface area contributed by atoms with Crippen LogP contribution in [0.5, 0.6) is 11.5 Å². The zero-order valence-corrected chi connectivity index (χ0v) is 11.0. The Hall–Kier alpha value is -2.54. The van der Waals surface area contributed by atoms with E-state index in [0.717, 1.165) is 17.7 Å². The average Bonchev–Trinajstić information content (AvgIpc) is 2.51. The molecule has 0 aliphatic carbocycles. The van der Waals surface area contributed by atoms with Gasteiger partial charge in [-0.25, -0.2) is 0 Å². The van der Waals surface area contributed by atoms with Crippen LogP contribution in [-0.2, 0) is 6.42 Å². The standard InChI is InChI=1S/C19H14O/c1-3-9-16(10-4-1)15-17-11-7-8-14-19(17)20-18-12-5-2-6-13-18/h1-12H,15H2. The Morgan fingerprint density at radius 2 is 1.55 bits per heavy atom. The molecular weight excluding hydrogens is 244 g/mol. The first-order chi connectivity index (χ1) is 9.92. The van der Waals surface area contributed by atoms with Crippen molar-refractivity contribution in [2.45, 2.75) is 6.42 Å². The van der Waals surface area contributed by atoms with Crippen molar-refractivity contribution in [1.29, 1.82) is 0 Å². The summed E-state index contributed by atoms with van der Waals surface area (Å²) in [5, 5.41) is 0. The summed E-state index contributed by atoms with van der Waals surface area (Å²) in [6.45, 7) is 0. The molecule has 0 atom stereocenters. The maximum absolute atomic E-state index is 5.87. The molecule has 1 nitrogen and oxygen atoms in total. The molecule has 0 spiro atoms. The third-order valence-electron chi connectivity index (χ3n) is 3.03. The van der Waals surface area contributed by atoms with Crippen LogP contribution in [0.3, 0.4) is 0 Å². The SMILES string of the molecule is [c]1ccccc1Oc1[c]cccc1Cc1ccccc1. The summed E-state index contributed by atoms with van der Waals surface area (Å²) < 4.78 is 5.87. The predicted molar refractivity (Wildman–Crippen MR) is 79.9 cm³/mol. The Kier molecular flexibility index (Phi) is 3.79. The second-order valence-electron chi connectivity index (χ2n) is 4.52. The van der Waals surface area contributed by atoms with Crippen molar-refractivity contribution in [2.24, 2.45) is 0 Å². The molecule has 2 radical (unpaired) electrons. The van der Waals surface area contributed by atoms with Gasteiger partial charge in [0.1, 0.15) is 11.5 Å². The van der Waals surface area contributed by atoms with E-state index in [1.165, 1.54) is 5.56 Å². The maximum atomic E-state index is 5.87. The molecule has 1 heteroatoms. The zero-order valence-electron chi connectivity index (χ0n) is 11.0. The second-order valence-corrected chi connectivity index (χ2v) is 4.52. The predicted octanol–water partition coefficient (Wildman–Crippen LogP) is 4.67. The van der Waals surface area contributed by atoms with E-state index in [-0.39, 0.29) is 0 Å². The number of rotatable bonds is 4. The number of hydrogen-bond acceptors (Lipinski definition) is 1. The highest BCUT2D eigenvalue weighted by molar-refractivity contribution is 5.39. The van der Waals surface area contributed by atoms with E-state index in [2.05, 4.69) is 30.3 Å². The van der Waals surface area contributed by atoms with E-state index in [1.807, 2.05) is 54.6 Å². The van der Waals surface area contributed by atoms with Crippen molar-refractivity contribution in [3.63, 3.8) is 0 Å². The monoisotopic (exact) mass is 258 g/mol. The molecule has 3 aromatic rings. The van der Waals surface area contributed by atoms with Crippen LogP contribution in [0.1, 0.15) is 11.1 Å². The number of hydrogen-bond donors (Lipinski definition) is 0. The average molecular weight is 258 g/mol. The van der Waals surface area contributed by atoms with Crippen molar-refractivity contribution in [3.8, 4) is 11.5 Å². The van der Waals surface area contributed by atoms with Crippen molar-refractivity contribution in [3.05, 3.63) is 96.1 Å². The van der Waals surface area contributed by atoms with Crippen molar-refractivity contribution >= 4 is 0 Å². The quantitative estimate of drug-likeness (QED) is 0.660. The van der Waals surface area contributed by atoms with Crippen LogP contribution in [0.2, 0.25) is 0 Å². The summed E-state index contributed by atoms with van der Waals surface area (Å²) in [4.78, 5) is 0. The van der Waals surface area contributed by atoms with Crippen molar-refractivity contribution in [1.82, 2.24) is 0 Å². The smallest absolute Gasteiger partial charge is 0.138 e. The van der Waals surface area contributed by atoms with Crippen molar-refractivity contribution in [2.75, 3.05) is 0 Å². The van der Waals surface area contributed by atoms with E-state index < -0.39 is 0 Å². The van der Waals surface area contributed by atoms with Crippen molar-refractivity contribution < 1.29 is 4.74 Å². The molecule has 96 valence electrons. The lowest BCUT2D eigenvalue weighted by atomic mass is 10.0. The minimum absolute atomic E-state index is 0.712. The van der Waals surface area contributed by atoms with Crippen LogP contribution in [0.4, 0.5) is 0 Å². The van der Waals surface area contributed by atoms with E-state index in [1.54, 1.807) is 0 Å². The lowest BCUT2D eigenvalue weighted by Crippen LogP contribution is -1.93. The molecular formula is C19H14O. The molecule has 0 heterocycles. The van der Waals surface area contributed by atoms with E-state index in [0.29, 0.717) is 5.75 Å². The minimum atomic E-state index is 0.712. The molecule has 0 unspecified atom stereocenters. The molecule has 3 rings (SSSR count). The van der Waals surface area contributed by atoms with E-state index in [9.17, 15) is 0 Å². The van der Waals surface area contributed by atoms with E-state index >= 15 is 0 Å². The van der Waals surface area contributed by atoms with Gasteiger partial charge in [0, 0.05) is 18.6 Å². The number of ether oxygens (including phenoxy) is 1. The third kappa shape index (κ3) is 3.07. The highest BCUT2D eigenvalue weighted by Crippen LogP contribution is 2.26. The normalized spacial score (nSPS) is 10.2. The Bertz CT molecular complexity index is 599. The highest BCUT2D eigenvalue weighted by atomic mass is 16.5. The van der Waals surface area contributed by atoms with Crippen LogP contribution < -0.4 is 4.74 Å². The van der Waals surface area contributed by atoms with Gasteiger partial charge >= 0.3 is 0 Å². The summed E-state index contributed by atoms with van der Waals surface area (Å²) in [5.74, 6) is 1.48. The highest BCUT2D eigenvalue weighted by Gasteiger charge is 2.05. The van der Waals surface area contributed by atoms with Gasteiger partial charge in [-0.05, 0) is 17.2 Å².